The molecule has 0 aliphatic rings. The number of hydrogen-bond acceptors (Lipinski definition) is 2. The molecule has 0 bridgehead atoms. The lowest BCUT2D eigenvalue weighted by Crippen LogP contribution is -2.27. The smallest absolute Gasteiger partial charge is 0.252 e. The van der Waals surface area contributed by atoms with Crippen molar-refractivity contribution in [2.24, 2.45) is 7.05 Å². The van der Waals surface area contributed by atoms with Gasteiger partial charge in [0.05, 0.1) is 11.7 Å². The van der Waals surface area contributed by atoms with Crippen molar-refractivity contribution < 1.29 is 4.79 Å². The van der Waals surface area contributed by atoms with Gasteiger partial charge in [0, 0.05) is 24.4 Å². The molecule has 0 radical (unpaired) electrons. The molecule has 1 atom stereocenters. The Morgan fingerprint density at radius 3 is 2.32 bits per heavy atom. The first-order valence-electron chi connectivity index (χ1n) is 8.43. The highest BCUT2D eigenvalue weighted by atomic mass is 16.1. The average molecular weight is 333 g/mol. The molecule has 1 aromatic heterocycles. The van der Waals surface area contributed by atoms with E-state index in [4.69, 9.17) is 0 Å². The van der Waals surface area contributed by atoms with Crippen LogP contribution in [0.5, 0.6) is 0 Å². The summed E-state index contributed by atoms with van der Waals surface area (Å²) >= 11 is 0. The fraction of sp³-hybridized carbons (Fsp3) is 0.238. The van der Waals surface area contributed by atoms with E-state index in [0.717, 1.165) is 27.9 Å². The standard InChI is InChI=1S/C21H23N3O/c1-14-9-5-6-10-17(14)18-11-7-8-12-19(18)21(25)22-15(2)20-13-24(4)23-16(20)3/h5-13,15H,1-4H3,(H,22,25)/t15-/m1/s1. The van der Waals surface area contributed by atoms with E-state index in [-0.39, 0.29) is 11.9 Å². The summed E-state index contributed by atoms with van der Waals surface area (Å²) in [4.78, 5) is 12.9. The van der Waals surface area contributed by atoms with Crippen LogP contribution in [0.2, 0.25) is 0 Å². The van der Waals surface area contributed by atoms with E-state index < -0.39 is 0 Å². The maximum absolute atomic E-state index is 12.9. The number of nitrogens with one attached hydrogen (secondary N) is 1. The van der Waals surface area contributed by atoms with Crippen molar-refractivity contribution in [2.75, 3.05) is 0 Å². The lowest BCUT2D eigenvalue weighted by atomic mass is 9.95. The highest BCUT2D eigenvalue weighted by Crippen LogP contribution is 2.27. The predicted octanol–water partition coefficient (Wildman–Crippen LogP) is 4.19. The van der Waals surface area contributed by atoms with Crippen molar-refractivity contribution in [2.45, 2.75) is 26.8 Å². The monoisotopic (exact) mass is 333 g/mol. The molecule has 1 N–H and O–H groups in total. The van der Waals surface area contributed by atoms with Gasteiger partial charge in [0.1, 0.15) is 0 Å². The molecule has 0 spiro atoms. The third-order valence-corrected chi connectivity index (χ3v) is 4.47. The van der Waals surface area contributed by atoms with Crippen molar-refractivity contribution in [1.82, 2.24) is 15.1 Å². The molecule has 0 fully saturated rings. The summed E-state index contributed by atoms with van der Waals surface area (Å²) in [5, 5.41) is 7.46. The highest BCUT2D eigenvalue weighted by molar-refractivity contribution is 6.01. The zero-order chi connectivity index (χ0) is 18.0. The second-order valence-corrected chi connectivity index (χ2v) is 6.40. The number of benzene rings is 2. The largest absolute Gasteiger partial charge is 0.345 e. The van der Waals surface area contributed by atoms with E-state index in [0.29, 0.717) is 5.56 Å². The number of carbonyl (C=O) groups is 1. The van der Waals surface area contributed by atoms with Gasteiger partial charge in [-0.15, -0.1) is 0 Å². The molecular weight excluding hydrogens is 310 g/mol. The second kappa shape index (κ2) is 6.93. The first-order chi connectivity index (χ1) is 12.0. The van der Waals surface area contributed by atoms with Crippen molar-refractivity contribution >= 4 is 5.91 Å². The Bertz CT molecular complexity index is 911. The lowest BCUT2D eigenvalue weighted by molar-refractivity contribution is 0.0940. The summed E-state index contributed by atoms with van der Waals surface area (Å²) in [7, 11) is 1.89. The van der Waals surface area contributed by atoms with Crippen molar-refractivity contribution in [3.05, 3.63) is 77.1 Å². The van der Waals surface area contributed by atoms with Crippen LogP contribution in [-0.4, -0.2) is 15.7 Å². The number of hydrogen-bond donors (Lipinski definition) is 1. The second-order valence-electron chi connectivity index (χ2n) is 6.40. The Kier molecular flexibility index (Phi) is 4.70. The van der Waals surface area contributed by atoms with Gasteiger partial charge in [0.15, 0.2) is 0 Å². The summed E-state index contributed by atoms with van der Waals surface area (Å²) in [5.41, 5.74) is 5.84. The first-order valence-corrected chi connectivity index (χ1v) is 8.43. The van der Waals surface area contributed by atoms with E-state index in [1.54, 1.807) is 4.68 Å². The van der Waals surface area contributed by atoms with Crippen LogP contribution in [0.3, 0.4) is 0 Å². The van der Waals surface area contributed by atoms with Gasteiger partial charge in [-0.1, -0.05) is 42.5 Å². The van der Waals surface area contributed by atoms with Gasteiger partial charge in [0.2, 0.25) is 0 Å². The molecule has 0 unspecified atom stereocenters. The van der Waals surface area contributed by atoms with Crippen molar-refractivity contribution in [1.29, 1.82) is 0 Å². The number of aromatic nitrogens is 2. The van der Waals surface area contributed by atoms with Crippen LogP contribution in [0.15, 0.2) is 54.7 Å². The molecule has 3 rings (SSSR count). The lowest BCUT2D eigenvalue weighted by Gasteiger charge is -2.16. The van der Waals surface area contributed by atoms with E-state index in [1.165, 1.54) is 0 Å². The van der Waals surface area contributed by atoms with Crippen molar-refractivity contribution in [3.63, 3.8) is 0 Å². The summed E-state index contributed by atoms with van der Waals surface area (Å²) in [6.45, 7) is 6.00. The van der Waals surface area contributed by atoms with Gasteiger partial charge in [-0.05, 0) is 43.5 Å². The predicted molar refractivity (Wildman–Crippen MR) is 100 cm³/mol. The molecule has 3 aromatic rings. The maximum Gasteiger partial charge on any atom is 0.252 e. The van der Waals surface area contributed by atoms with Gasteiger partial charge < -0.3 is 5.32 Å². The minimum absolute atomic E-state index is 0.0744. The summed E-state index contributed by atoms with van der Waals surface area (Å²) < 4.78 is 1.77. The highest BCUT2D eigenvalue weighted by Gasteiger charge is 2.18. The Labute approximate surface area is 148 Å². The zero-order valence-corrected chi connectivity index (χ0v) is 15.1. The molecule has 0 aliphatic carbocycles. The Hall–Kier alpha value is -2.88. The Balaban J connectivity index is 1.91. The molecular formula is C21H23N3O. The zero-order valence-electron chi connectivity index (χ0n) is 15.1. The summed E-state index contributed by atoms with van der Waals surface area (Å²) in [6, 6.07) is 15.8. The van der Waals surface area contributed by atoms with Gasteiger partial charge in [-0.2, -0.15) is 5.10 Å². The van der Waals surface area contributed by atoms with Crippen LogP contribution >= 0.6 is 0 Å². The molecule has 1 amide bonds. The van der Waals surface area contributed by atoms with Crippen LogP contribution in [-0.2, 0) is 7.05 Å². The SMILES string of the molecule is Cc1ccccc1-c1ccccc1C(=O)N[C@H](C)c1cn(C)nc1C. The minimum Gasteiger partial charge on any atom is -0.345 e. The van der Waals surface area contributed by atoms with Crippen LogP contribution < -0.4 is 5.32 Å². The van der Waals surface area contributed by atoms with Crippen molar-refractivity contribution in [3.8, 4) is 11.1 Å². The average Bonchev–Trinajstić information content (AvgIpc) is 2.94. The Morgan fingerprint density at radius 2 is 1.68 bits per heavy atom. The van der Waals surface area contributed by atoms with Gasteiger partial charge >= 0.3 is 0 Å². The van der Waals surface area contributed by atoms with E-state index >= 15 is 0 Å². The van der Waals surface area contributed by atoms with Gasteiger partial charge in [-0.3, -0.25) is 9.48 Å². The molecule has 2 aromatic carbocycles. The fourth-order valence-electron chi connectivity index (χ4n) is 3.19. The van der Waals surface area contributed by atoms with Crippen LogP contribution in [0.25, 0.3) is 11.1 Å². The third-order valence-electron chi connectivity index (χ3n) is 4.47. The number of amides is 1. The topological polar surface area (TPSA) is 46.9 Å². The number of aryl methyl sites for hydroxylation is 3. The quantitative estimate of drug-likeness (QED) is 0.778. The fourth-order valence-corrected chi connectivity index (χ4v) is 3.19. The Morgan fingerprint density at radius 1 is 1.04 bits per heavy atom. The number of rotatable bonds is 4. The minimum atomic E-state index is -0.105. The van der Waals surface area contributed by atoms with E-state index in [9.17, 15) is 4.79 Å². The first kappa shape index (κ1) is 17.0. The summed E-state index contributed by atoms with van der Waals surface area (Å²) in [6.07, 6.45) is 1.95. The molecule has 4 nitrogen and oxygen atoms in total. The molecule has 128 valence electrons. The maximum atomic E-state index is 12.9. The molecule has 0 saturated heterocycles. The molecule has 1 heterocycles. The molecule has 4 heteroatoms. The summed E-state index contributed by atoms with van der Waals surface area (Å²) in [5.74, 6) is -0.0744. The van der Waals surface area contributed by atoms with Crippen LogP contribution in [0, 0.1) is 13.8 Å². The normalized spacial score (nSPS) is 12.0. The van der Waals surface area contributed by atoms with Crippen LogP contribution in [0.4, 0.5) is 0 Å². The molecule has 25 heavy (non-hydrogen) atoms. The number of carbonyl (C=O) groups excluding carboxylic acids is 1. The number of nitrogens with zero attached hydrogens (tertiary/aromatic N) is 2. The van der Waals surface area contributed by atoms with E-state index in [2.05, 4.69) is 29.5 Å². The third kappa shape index (κ3) is 3.48. The van der Waals surface area contributed by atoms with E-state index in [1.807, 2.05) is 63.5 Å². The molecule has 0 aliphatic heterocycles. The van der Waals surface area contributed by atoms with Gasteiger partial charge in [-0.25, -0.2) is 0 Å². The molecule has 0 saturated carbocycles. The van der Waals surface area contributed by atoms with Gasteiger partial charge in [0.25, 0.3) is 5.91 Å². The van der Waals surface area contributed by atoms with Crippen LogP contribution in [0.1, 0.15) is 40.1 Å².